The molecular formula is C21H41N3O2. The summed E-state index contributed by atoms with van der Waals surface area (Å²) in [5, 5.41) is 3.81. The predicted molar refractivity (Wildman–Crippen MR) is 108 cm³/mol. The minimum absolute atomic E-state index is 0.0487. The summed E-state index contributed by atoms with van der Waals surface area (Å²) in [6, 6.07) is -0.150. The van der Waals surface area contributed by atoms with Crippen LogP contribution in [-0.4, -0.2) is 24.0 Å². The van der Waals surface area contributed by atoms with E-state index in [1.165, 1.54) is 70.6 Å². The highest BCUT2D eigenvalue weighted by molar-refractivity contribution is 4.83. The van der Waals surface area contributed by atoms with Crippen LogP contribution >= 0.6 is 0 Å². The van der Waals surface area contributed by atoms with E-state index in [0.29, 0.717) is 0 Å². The molecule has 1 aliphatic heterocycles. The van der Waals surface area contributed by atoms with Crippen molar-refractivity contribution < 1.29 is 9.47 Å². The van der Waals surface area contributed by atoms with E-state index in [0.717, 1.165) is 12.8 Å². The highest BCUT2D eigenvalue weighted by Crippen LogP contribution is 2.31. The third kappa shape index (κ3) is 10.4. The molecule has 1 aliphatic rings. The second kappa shape index (κ2) is 13.4. The van der Waals surface area contributed by atoms with Gasteiger partial charge in [0.2, 0.25) is 0 Å². The number of azide groups is 1. The minimum atomic E-state index is -0.593. The summed E-state index contributed by atoms with van der Waals surface area (Å²) in [5.41, 5.74) is 8.65. The minimum Gasteiger partial charge on any atom is -0.347 e. The van der Waals surface area contributed by atoms with E-state index in [-0.39, 0.29) is 18.2 Å². The first-order valence-electron chi connectivity index (χ1n) is 10.9. The van der Waals surface area contributed by atoms with E-state index < -0.39 is 5.79 Å². The van der Waals surface area contributed by atoms with Crippen molar-refractivity contribution in [1.29, 1.82) is 0 Å². The molecule has 152 valence electrons. The van der Waals surface area contributed by atoms with Crippen LogP contribution in [0.2, 0.25) is 0 Å². The normalized spacial score (nSPS) is 23.4. The van der Waals surface area contributed by atoms with Crippen molar-refractivity contribution in [2.45, 2.75) is 135 Å². The number of ether oxygens (including phenoxy) is 2. The van der Waals surface area contributed by atoms with Crippen LogP contribution in [0.5, 0.6) is 0 Å². The van der Waals surface area contributed by atoms with Gasteiger partial charge in [-0.3, -0.25) is 0 Å². The second-order valence-corrected chi connectivity index (χ2v) is 8.30. The molecule has 0 spiro atoms. The van der Waals surface area contributed by atoms with E-state index in [4.69, 9.17) is 15.0 Å². The molecule has 0 radical (unpaired) electrons. The Balaban J connectivity index is 2.11. The van der Waals surface area contributed by atoms with Gasteiger partial charge in [-0.25, -0.2) is 0 Å². The second-order valence-electron chi connectivity index (χ2n) is 8.30. The monoisotopic (exact) mass is 367 g/mol. The van der Waals surface area contributed by atoms with Gasteiger partial charge in [0.1, 0.15) is 0 Å². The lowest BCUT2D eigenvalue weighted by atomic mass is 9.98. The number of unbranched alkanes of at least 4 members (excludes halogenated alkanes) is 10. The van der Waals surface area contributed by atoms with Gasteiger partial charge in [0.05, 0.1) is 18.2 Å². The third-order valence-corrected chi connectivity index (χ3v) is 5.28. The number of nitrogens with zero attached hydrogens (tertiary/aromatic N) is 3. The highest BCUT2D eigenvalue weighted by Gasteiger charge is 2.37. The molecule has 0 aliphatic carbocycles. The van der Waals surface area contributed by atoms with Gasteiger partial charge in [0, 0.05) is 11.3 Å². The molecule has 5 heteroatoms. The predicted octanol–water partition coefficient (Wildman–Crippen LogP) is 7.30. The highest BCUT2D eigenvalue weighted by atomic mass is 16.7. The Labute approximate surface area is 160 Å². The standard InChI is InChI=1S/C21H41N3O2/c1-5-6-7-8-9-10-11-12-13-14-15-16-19-17-20(18(2)23-24-22)26-21(3,4)25-19/h18-20H,5-17H2,1-4H3/t18-,19-,20+/m0/s1. The molecule has 0 unspecified atom stereocenters. The van der Waals surface area contributed by atoms with Crippen molar-refractivity contribution in [3.05, 3.63) is 10.4 Å². The molecule has 0 aromatic carbocycles. The maximum atomic E-state index is 8.65. The topological polar surface area (TPSA) is 67.2 Å². The zero-order valence-electron chi connectivity index (χ0n) is 17.6. The molecule has 0 saturated carbocycles. The molecule has 0 amide bonds. The molecular weight excluding hydrogens is 326 g/mol. The molecule has 0 N–H and O–H groups in total. The fraction of sp³-hybridized carbons (Fsp3) is 1.00. The first-order chi connectivity index (χ1) is 12.5. The number of hydrogen-bond donors (Lipinski definition) is 0. The Morgan fingerprint density at radius 2 is 1.50 bits per heavy atom. The van der Waals surface area contributed by atoms with Crippen molar-refractivity contribution in [2.75, 3.05) is 0 Å². The van der Waals surface area contributed by atoms with E-state index in [9.17, 15) is 0 Å². The Kier molecular flexibility index (Phi) is 12.0. The first-order valence-corrected chi connectivity index (χ1v) is 10.9. The Bertz CT molecular complexity index is 408. The largest absolute Gasteiger partial charge is 0.347 e. The zero-order valence-corrected chi connectivity index (χ0v) is 17.6. The van der Waals surface area contributed by atoms with Gasteiger partial charge >= 0.3 is 0 Å². The van der Waals surface area contributed by atoms with Gasteiger partial charge in [-0.2, -0.15) is 0 Å². The fourth-order valence-corrected chi connectivity index (χ4v) is 3.81. The van der Waals surface area contributed by atoms with Crippen molar-refractivity contribution in [3.8, 4) is 0 Å². The lowest BCUT2D eigenvalue weighted by molar-refractivity contribution is -0.302. The van der Waals surface area contributed by atoms with Gasteiger partial charge in [-0.1, -0.05) is 89.6 Å². The smallest absolute Gasteiger partial charge is 0.163 e. The SMILES string of the molecule is CCCCCCCCCCCCC[C@H]1C[C@H]([C@H](C)N=[N+]=[N-])OC(C)(C)O1. The number of rotatable bonds is 14. The molecule has 3 atom stereocenters. The summed E-state index contributed by atoms with van der Waals surface area (Å²) in [6.07, 6.45) is 17.0. The molecule has 0 bridgehead atoms. The summed E-state index contributed by atoms with van der Waals surface area (Å²) >= 11 is 0. The fourth-order valence-electron chi connectivity index (χ4n) is 3.81. The Morgan fingerprint density at radius 1 is 0.962 bits per heavy atom. The first kappa shape index (κ1) is 23.3. The van der Waals surface area contributed by atoms with Gasteiger partial charge < -0.3 is 9.47 Å². The van der Waals surface area contributed by atoms with E-state index in [2.05, 4.69) is 16.9 Å². The summed E-state index contributed by atoms with van der Waals surface area (Å²) in [6.45, 7) is 8.10. The summed E-state index contributed by atoms with van der Waals surface area (Å²) < 4.78 is 12.0. The van der Waals surface area contributed by atoms with Crippen molar-refractivity contribution >= 4 is 0 Å². The summed E-state index contributed by atoms with van der Waals surface area (Å²) in [7, 11) is 0. The summed E-state index contributed by atoms with van der Waals surface area (Å²) in [4.78, 5) is 2.92. The Hall–Kier alpha value is -0.770. The molecule has 1 saturated heterocycles. The third-order valence-electron chi connectivity index (χ3n) is 5.28. The van der Waals surface area contributed by atoms with Crippen LogP contribution < -0.4 is 0 Å². The van der Waals surface area contributed by atoms with Gasteiger partial charge in [0.15, 0.2) is 5.79 Å². The van der Waals surface area contributed by atoms with Crippen LogP contribution in [0.1, 0.15) is 111 Å². The average Bonchev–Trinajstić information content (AvgIpc) is 2.58. The molecule has 26 heavy (non-hydrogen) atoms. The zero-order chi connectivity index (χ0) is 19.3. The lowest BCUT2D eigenvalue weighted by Gasteiger charge is -2.42. The molecule has 1 heterocycles. The maximum Gasteiger partial charge on any atom is 0.163 e. The van der Waals surface area contributed by atoms with Crippen LogP contribution in [0.15, 0.2) is 5.11 Å². The van der Waals surface area contributed by atoms with Crippen molar-refractivity contribution in [3.63, 3.8) is 0 Å². The van der Waals surface area contributed by atoms with Crippen LogP contribution in [-0.2, 0) is 9.47 Å². The molecule has 0 aromatic rings. The van der Waals surface area contributed by atoms with Gasteiger partial charge in [-0.05, 0) is 25.8 Å². The van der Waals surface area contributed by atoms with Crippen molar-refractivity contribution in [2.24, 2.45) is 5.11 Å². The van der Waals surface area contributed by atoms with Crippen LogP contribution in [0, 0.1) is 0 Å². The maximum absolute atomic E-state index is 8.65. The Morgan fingerprint density at radius 3 is 2.04 bits per heavy atom. The molecule has 5 nitrogen and oxygen atoms in total. The van der Waals surface area contributed by atoms with E-state index in [1.807, 2.05) is 20.8 Å². The van der Waals surface area contributed by atoms with Crippen LogP contribution in [0.25, 0.3) is 10.4 Å². The molecule has 1 fully saturated rings. The lowest BCUT2D eigenvalue weighted by Crippen LogP contribution is -2.47. The van der Waals surface area contributed by atoms with Crippen LogP contribution in [0.4, 0.5) is 0 Å². The summed E-state index contributed by atoms with van der Waals surface area (Å²) in [5.74, 6) is -0.593. The average molecular weight is 368 g/mol. The van der Waals surface area contributed by atoms with Crippen molar-refractivity contribution in [1.82, 2.24) is 0 Å². The van der Waals surface area contributed by atoms with Gasteiger partial charge in [0.25, 0.3) is 0 Å². The van der Waals surface area contributed by atoms with Gasteiger partial charge in [-0.15, -0.1) is 0 Å². The molecule has 1 rings (SSSR count). The van der Waals surface area contributed by atoms with E-state index in [1.54, 1.807) is 0 Å². The number of hydrogen-bond acceptors (Lipinski definition) is 3. The van der Waals surface area contributed by atoms with E-state index >= 15 is 0 Å². The quantitative estimate of drug-likeness (QED) is 0.140. The van der Waals surface area contributed by atoms with Crippen LogP contribution in [0.3, 0.4) is 0 Å². The molecule has 0 aromatic heterocycles.